The van der Waals surface area contributed by atoms with Gasteiger partial charge in [0.25, 0.3) is 0 Å². The Balaban J connectivity index is 1.56. The first kappa shape index (κ1) is 11.7. The summed E-state index contributed by atoms with van der Waals surface area (Å²) in [6.07, 6.45) is 2.90. The third-order valence-corrected chi connectivity index (χ3v) is 4.69. The van der Waals surface area contributed by atoms with E-state index < -0.39 is 0 Å². The summed E-state index contributed by atoms with van der Waals surface area (Å²) in [5.41, 5.74) is 0. The van der Waals surface area contributed by atoms with Crippen LogP contribution in [0.1, 0.15) is 26.7 Å². The van der Waals surface area contributed by atoms with Gasteiger partial charge in [0.05, 0.1) is 0 Å². The minimum absolute atomic E-state index is 0.751. The Bertz CT molecular complexity index is 194. The van der Waals surface area contributed by atoms with Crippen LogP contribution in [0.15, 0.2) is 0 Å². The van der Waals surface area contributed by atoms with Gasteiger partial charge >= 0.3 is 0 Å². The van der Waals surface area contributed by atoms with E-state index in [1.807, 2.05) is 0 Å². The summed E-state index contributed by atoms with van der Waals surface area (Å²) >= 11 is 2.11. The van der Waals surface area contributed by atoms with Gasteiger partial charge in [0.1, 0.15) is 0 Å². The molecule has 0 aromatic carbocycles. The van der Waals surface area contributed by atoms with Gasteiger partial charge in [-0.25, -0.2) is 0 Å². The normalized spacial score (nSPS) is 30.4. The zero-order valence-corrected chi connectivity index (χ0v) is 10.9. The van der Waals surface area contributed by atoms with Crippen molar-refractivity contribution >= 4 is 11.8 Å². The average molecular weight is 228 g/mol. The summed E-state index contributed by atoms with van der Waals surface area (Å²) in [6, 6.07) is 0.751. The van der Waals surface area contributed by atoms with Crippen molar-refractivity contribution in [2.75, 3.05) is 31.9 Å². The van der Waals surface area contributed by atoms with Gasteiger partial charge in [-0.05, 0) is 25.7 Å². The van der Waals surface area contributed by atoms with Crippen LogP contribution >= 0.6 is 11.8 Å². The van der Waals surface area contributed by atoms with Crippen molar-refractivity contribution in [2.45, 2.75) is 38.0 Å². The van der Waals surface area contributed by atoms with Crippen LogP contribution in [-0.2, 0) is 0 Å². The molecule has 2 unspecified atom stereocenters. The van der Waals surface area contributed by atoms with E-state index in [4.69, 9.17) is 0 Å². The van der Waals surface area contributed by atoms with Crippen LogP contribution in [-0.4, -0.2) is 48.1 Å². The fourth-order valence-electron chi connectivity index (χ4n) is 2.31. The second-order valence-corrected chi connectivity index (χ2v) is 6.61. The van der Waals surface area contributed by atoms with Gasteiger partial charge < -0.3 is 10.2 Å². The summed E-state index contributed by atoms with van der Waals surface area (Å²) in [5, 5.41) is 4.49. The van der Waals surface area contributed by atoms with Crippen molar-refractivity contribution in [1.82, 2.24) is 10.2 Å². The monoisotopic (exact) mass is 228 g/mol. The predicted molar refractivity (Wildman–Crippen MR) is 68.5 cm³/mol. The van der Waals surface area contributed by atoms with E-state index in [0.717, 1.165) is 17.2 Å². The lowest BCUT2D eigenvalue weighted by Gasteiger charge is -2.30. The van der Waals surface area contributed by atoms with Crippen LogP contribution in [0, 0.1) is 5.92 Å². The largest absolute Gasteiger partial charge is 0.313 e. The minimum atomic E-state index is 0.751. The topological polar surface area (TPSA) is 15.3 Å². The van der Waals surface area contributed by atoms with E-state index in [-0.39, 0.29) is 0 Å². The molecule has 0 aromatic rings. The molecule has 15 heavy (non-hydrogen) atoms. The summed E-state index contributed by atoms with van der Waals surface area (Å²) in [7, 11) is 0. The van der Waals surface area contributed by atoms with Crippen molar-refractivity contribution in [3.8, 4) is 0 Å². The number of rotatable bonds is 5. The standard InChI is InChI=1S/C12H24N2S/c1-10-9-14(7-8-15-10)6-5-13-11(2)12-3-4-12/h10-13H,3-9H2,1-2H3. The molecule has 2 aliphatic rings. The van der Waals surface area contributed by atoms with Crippen LogP contribution < -0.4 is 5.32 Å². The molecule has 88 valence electrons. The molecule has 2 rings (SSSR count). The number of thioether (sulfide) groups is 1. The SMILES string of the molecule is CC1CN(CCNC(C)C2CC2)CCS1. The molecule has 2 nitrogen and oxygen atoms in total. The molecule has 2 fully saturated rings. The van der Waals surface area contributed by atoms with E-state index in [0.29, 0.717) is 0 Å². The Morgan fingerprint density at radius 3 is 2.93 bits per heavy atom. The highest BCUT2D eigenvalue weighted by Crippen LogP contribution is 2.32. The first-order chi connectivity index (χ1) is 7.25. The predicted octanol–water partition coefficient (Wildman–Crippen LogP) is 1.81. The summed E-state index contributed by atoms with van der Waals surface area (Å²) in [6.45, 7) is 9.67. The minimum Gasteiger partial charge on any atom is -0.313 e. The van der Waals surface area contributed by atoms with Crippen molar-refractivity contribution in [3.05, 3.63) is 0 Å². The Morgan fingerprint density at radius 1 is 1.47 bits per heavy atom. The lowest BCUT2D eigenvalue weighted by atomic mass is 10.2. The maximum atomic E-state index is 3.66. The van der Waals surface area contributed by atoms with Gasteiger partial charge in [-0.15, -0.1) is 0 Å². The number of hydrogen-bond acceptors (Lipinski definition) is 3. The number of nitrogens with one attached hydrogen (secondary N) is 1. The fourth-order valence-corrected chi connectivity index (χ4v) is 3.39. The van der Waals surface area contributed by atoms with Gasteiger partial charge in [-0.2, -0.15) is 11.8 Å². The van der Waals surface area contributed by atoms with E-state index in [1.165, 1.54) is 44.8 Å². The Morgan fingerprint density at radius 2 is 2.27 bits per heavy atom. The van der Waals surface area contributed by atoms with Crippen LogP contribution in [0.4, 0.5) is 0 Å². The van der Waals surface area contributed by atoms with Crippen molar-refractivity contribution in [2.24, 2.45) is 5.92 Å². The molecular formula is C12H24N2S. The van der Waals surface area contributed by atoms with Crippen molar-refractivity contribution in [1.29, 1.82) is 0 Å². The van der Waals surface area contributed by atoms with Gasteiger partial charge in [-0.3, -0.25) is 0 Å². The Labute approximate surface area is 98.2 Å². The molecule has 3 heteroatoms. The maximum Gasteiger partial charge on any atom is 0.0147 e. The lowest BCUT2D eigenvalue weighted by molar-refractivity contribution is 0.279. The summed E-state index contributed by atoms with van der Waals surface area (Å²) in [5.74, 6) is 2.31. The zero-order valence-electron chi connectivity index (χ0n) is 10.0. The smallest absolute Gasteiger partial charge is 0.0147 e. The highest BCUT2D eigenvalue weighted by atomic mass is 32.2. The summed E-state index contributed by atoms with van der Waals surface area (Å²) < 4.78 is 0. The van der Waals surface area contributed by atoms with Gasteiger partial charge in [0, 0.05) is 43.2 Å². The molecule has 1 saturated heterocycles. The molecule has 0 radical (unpaired) electrons. The van der Waals surface area contributed by atoms with Crippen LogP contribution in [0.3, 0.4) is 0 Å². The zero-order chi connectivity index (χ0) is 10.7. The van der Waals surface area contributed by atoms with E-state index >= 15 is 0 Å². The molecular weight excluding hydrogens is 204 g/mol. The molecule has 0 spiro atoms. The Kier molecular flexibility index (Phi) is 4.35. The molecule has 2 atom stereocenters. The van der Waals surface area contributed by atoms with Crippen molar-refractivity contribution in [3.63, 3.8) is 0 Å². The summed E-state index contributed by atoms with van der Waals surface area (Å²) in [4.78, 5) is 2.60. The quantitative estimate of drug-likeness (QED) is 0.772. The fraction of sp³-hybridized carbons (Fsp3) is 1.00. The van der Waals surface area contributed by atoms with E-state index in [9.17, 15) is 0 Å². The second kappa shape index (κ2) is 5.55. The number of hydrogen-bond donors (Lipinski definition) is 1. The third kappa shape index (κ3) is 3.97. The van der Waals surface area contributed by atoms with Gasteiger partial charge in [0.15, 0.2) is 0 Å². The first-order valence-corrected chi connectivity index (χ1v) is 7.38. The molecule has 1 N–H and O–H groups in total. The highest BCUT2D eigenvalue weighted by molar-refractivity contribution is 7.99. The van der Waals surface area contributed by atoms with Gasteiger partial charge in [-0.1, -0.05) is 6.92 Å². The second-order valence-electron chi connectivity index (χ2n) is 5.06. The molecule has 0 amide bonds. The van der Waals surface area contributed by atoms with Crippen LogP contribution in [0.5, 0.6) is 0 Å². The van der Waals surface area contributed by atoms with Crippen LogP contribution in [0.2, 0.25) is 0 Å². The van der Waals surface area contributed by atoms with Crippen molar-refractivity contribution < 1.29 is 0 Å². The third-order valence-electron chi connectivity index (χ3n) is 3.55. The van der Waals surface area contributed by atoms with Crippen LogP contribution in [0.25, 0.3) is 0 Å². The number of nitrogens with zero attached hydrogens (tertiary/aromatic N) is 1. The first-order valence-electron chi connectivity index (χ1n) is 6.33. The average Bonchev–Trinajstić information content (AvgIpc) is 3.00. The molecule has 1 heterocycles. The van der Waals surface area contributed by atoms with Gasteiger partial charge in [0.2, 0.25) is 0 Å². The highest BCUT2D eigenvalue weighted by Gasteiger charge is 2.27. The lowest BCUT2D eigenvalue weighted by Crippen LogP contribution is -2.42. The molecule has 0 aromatic heterocycles. The van der Waals surface area contributed by atoms with E-state index in [1.54, 1.807) is 0 Å². The van der Waals surface area contributed by atoms with E-state index in [2.05, 4.69) is 35.8 Å². The Hall–Kier alpha value is 0.270. The molecule has 1 aliphatic heterocycles. The molecule has 0 bridgehead atoms. The maximum absolute atomic E-state index is 3.66. The molecule has 1 saturated carbocycles. The molecule has 1 aliphatic carbocycles.